The van der Waals surface area contributed by atoms with Gasteiger partial charge in [0.05, 0.1) is 13.2 Å². The quantitative estimate of drug-likeness (QED) is 0.252. The number of likely N-dealkylation sites (N-methyl/N-ethyl adjacent to an activating group) is 2. The summed E-state index contributed by atoms with van der Waals surface area (Å²) in [5, 5.41) is 14.9. The van der Waals surface area contributed by atoms with Gasteiger partial charge in [0.2, 0.25) is 0 Å². The number of hydroxylamine groups is 1. The van der Waals surface area contributed by atoms with Crippen molar-refractivity contribution in [1.82, 2.24) is 21.0 Å². The van der Waals surface area contributed by atoms with Crippen LogP contribution >= 0.6 is 0 Å². The normalized spacial score (nSPS) is 16.0. The van der Waals surface area contributed by atoms with Crippen molar-refractivity contribution < 1.29 is 24.3 Å². The van der Waals surface area contributed by atoms with Crippen molar-refractivity contribution in [2.75, 3.05) is 33.9 Å². The van der Waals surface area contributed by atoms with Crippen LogP contribution in [0.25, 0.3) is 11.1 Å². The summed E-state index contributed by atoms with van der Waals surface area (Å²) in [4.78, 5) is 38.5. The first-order valence-corrected chi connectivity index (χ1v) is 11.1. The first kappa shape index (κ1) is 25.4. The van der Waals surface area contributed by atoms with E-state index in [1.165, 1.54) is 32.1 Å². The van der Waals surface area contributed by atoms with Gasteiger partial charge < -0.3 is 20.3 Å². The summed E-state index contributed by atoms with van der Waals surface area (Å²) in [6.07, 6.45) is 0. The lowest BCUT2D eigenvalue weighted by Crippen LogP contribution is -2.64. The van der Waals surface area contributed by atoms with Crippen molar-refractivity contribution in [3.05, 3.63) is 59.7 Å². The zero-order chi connectivity index (χ0) is 24.9. The molecule has 182 valence electrons. The summed E-state index contributed by atoms with van der Waals surface area (Å²) >= 11 is 0. The van der Waals surface area contributed by atoms with E-state index in [1.54, 1.807) is 12.1 Å². The van der Waals surface area contributed by atoms with Crippen molar-refractivity contribution in [3.63, 3.8) is 0 Å². The summed E-state index contributed by atoms with van der Waals surface area (Å²) in [6, 6.07) is 15.1. The van der Waals surface area contributed by atoms with Gasteiger partial charge in [-0.25, -0.2) is 5.48 Å². The molecule has 1 aliphatic heterocycles. The van der Waals surface area contributed by atoms with Crippen LogP contribution in [-0.4, -0.2) is 67.2 Å². The molecule has 0 saturated carbocycles. The first-order valence-electron chi connectivity index (χ1n) is 11.1. The van der Waals surface area contributed by atoms with Gasteiger partial charge >= 0.3 is 0 Å². The maximum absolute atomic E-state index is 13.0. The highest BCUT2D eigenvalue weighted by atomic mass is 16.5. The van der Waals surface area contributed by atoms with Gasteiger partial charge in [-0.05, 0) is 35.7 Å². The molecule has 1 fully saturated rings. The molecule has 0 radical (unpaired) electrons. The topological polar surface area (TPSA) is 120 Å². The number of hydrogen-bond donors (Lipinski definition) is 4. The third-order valence-corrected chi connectivity index (χ3v) is 6.39. The first-order chi connectivity index (χ1) is 16.1. The average molecular weight is 469 g/mol. The lowest BCUT2D eigenvalue weighted by atomic mass is 9.89. The molecule has 0 aliphatic carbocycles. The number of amides is 3. The molecule has 3 amide bonds. The predicted octanol–water partition coefficient (Wildman–Crippen LogP) is 1.56. The van der Waals surface area contributed by atoms with E-state index in [9.17, 15) is 14.4 Å². The van der Waals surface area contributed by atoms with E-state index >= 15 is 0 Å². The van der Waals surface area contributed by atoms with Gasteiger partial charge in [-0.3, -0.25) is 19.6 Å². The summed E-state index contributed by atoms with van der Waals surface area (Å²) in [5.74, 6) is -2.27. The van der Waals surface area contributed by atoms with Crippen LogP contribution < -0.4 is 16.1 Å². The Balaban J connectivity index is 1.67. The molecule has 2 aromatic rings. The molecule has 1 saturated heterocycles. The molecule has 3 rings (SSSR count). The van der Waals surface area contributed by atoms with E-state index in [4.69, 9.17) is 9.94 Å². The van der Waals surface area contributed by atoms with E-state index < -0.39 is 23.3 Å². The monoisotopic (exact) mass is 468 g/mol. The Morgan fingerprint density at radius 2 is 1.59 bits per heavy atom. The van der Waals surface area contributed by atoms with Gasteiger partial charge in [0, 0.05) is 38.2 Å². The summed E-state index contributed by atoms with van der Waals surface area (Å²) in [5.41, 5.74) is 3.19. The van der Waals surface area contributed by atoms with E-state index in [-0.39, 0.29) is 5.41 Å². The zero-order valence-corrected chi connectivity index (χ0v) is 20.0. The third kappa shape index (κ3) is 5.11. The van der Waals surface area contributed by atoms with Crippen molar-refractivity contribution >= 4 is 17.7 Å². The Hall–Kier alpha value is -3.27. The van der Waals surface area contributed by atoms with E-state index in [2.05, 4.69) is 29.7 Å². The van der Waals surface area contributed by atoms with E-state index in [0.717, 1.165) is 42.3 Å². The molecule has 0 spiro atoms. The fourth-order valence-electron chi connectivity index (χ4n) is 3.84. The molecule has 1 aliphatic rings. The Kier molecular flexibility index (Phi) is 7.71. The maximum Gasteiger partial charge on any atom is 0.278 e. The highest BCUT2D eigenvalue weighted by Gasteiger charge is 2.47. The van der Waals surface area contributed by atoms with Gasteiger partial charge in [0.15, 0.2) is 5.54 Å². The molecule has 0 unspecified atom stereocenters. The van der Waals surface area contributed by atoms with E-state index in [0.29, 0.717) is 5.56 Å². The minimum absolute atomic E-state index is 0.229. The molecule has 9 nitrogen and oxygen atoms in total. The summed E-state index contributed by atoms with van der Waals surface area (Å²) < 4.78 is 5.28. The number of carbonyl (C=O) groups excluding carboxylic acids is 3. The molecule has 0 aromatic heterocycles. The molecule has 0 bridgehead atoms. The Bertz CT molecular complexity index is 1020. The molecular formula is C25H32N4O5. The van der Waals surface area contributed by atoms with Gasteiger partial charge in [-0.2, -0.15) is 0 Å². The maximum atomic E-state index is 13.0. The highest BCUT2D eigenvalue weighted by Crippen LogP contribution is 2.26. The van der Waals surface area contributed by atoms with Crippen molar-refractivity contribution in [2.45, 2.75) is 25.9 Å². The smallest absolute Gasteiger partial charge is 0.278 e. The van der Waals surface area contributed by atoms with E-state index in [1.807, 2.05) is 24.3 Å². The zero-order valence-electron chi connectivity index (χ0n) is 20.0. The molecule has 4 N–H and O–H groups in total. The molecule has 34 heavy (non-hydrogen) atoms. The largest absolute Gasteiger partial charge is 0.380 e. The van der Waals surface area contributed by atoms with Gasteiger partial charge in [-0.1, -0.05) is 43.3 Å². The highest BCUT2D eigenvalue weighted by molar-refractivity contribution is 6.12. The number of nitrogens with one attached hydrogen (secondary N) is 3. The molecule has 1 heterocycles. The van der Waals surface area contributed by atoms with Crippen molar-refractivity contribution in [3.8, 4) is 11.1 Å². The third-order valence-electron chi connectivity index (χ3n) is 6.39. The number of nitrogens with zero attached hydrogens (tertiary/aromatic N) is 1. The van der Waals surface area contributed by atoms with Crippen LogP contribution in [0.15, 0.2) is 48.5 Å². The van der Waals surface area contributed by atoms with Crippen LogP contribution in [0.3, 0.4) is 0 Å². The second-order valence-corrected chi connectivity index (χ2v) is 9.14. The Morgan fingerprint density at radius 1 is 1.03 bits per heavy atom. The van der Waals surface area contributed by atoms with Crippen LogP contribution in [0, 0.1) is 5.41 Å². The lowest BCUT2D eigenvalue weighted by Gasteiger charge is -2.38. The van der Waals surface area contributed by atoms with Gasteiger partial charge in [0.25, 0.3) is 17.7 Å². The molecular weight excluding hydrogens is 436 g/mol. The van der Waals surface area contributed by atoms with Crippen LogP contribution in [0.2, 0.25) is 0 Å². The minimum atomic E-state index is -1.92. The second-order valence-electron chi connectivity index (χ2n) is 9.14. The van der Waals surface area contributed by atoms with Crippen LogP contribution in [0.5, 0.6) is 0 Å². The number of benzene rings is 2. The van der Waals surface area contributed by atoms with Crippen LogP contribution in [-0.2, 0) is 20.9 Å². The van der Waals surface area contributed by atoms with Crippen LogP contribution in [0.1, 0.15) is 29.8 Å². The second kappa shape index (κ2) is 10.3. The number of rotatable bonds is 9. The fraction of sp³-hybridized carbons (Fsp3) is 0.400. The Labute approximate surface area is 199 Å². The van der Waals surface area contributed by atoms with Gasteiger partial charge in [-0.15, -0.1) is 0 Å². The van der Waals surface area contributed by atoms with Crippen molar-refractivity contribution in [1.29, 1.82) is 0 Å². The standard InChI is InChI=1S/C25H32N4O5/c1-24(15-34-16-24)14-27-13-17-5-7-18(8-6-17)19-9-11-20(12-10-19)21(30)29(4)25(2,22(31)26-3)23(32)28-33/h5-12,27,33H,13-16H2,1-4H3,(H,26,31)(H,28,32)/t25-/m0/s1. The molecule has 1 atom stereocenters. The number of ether oxygens (including phenoxy) is 1. The minimum Gasteiger partial charge on any atom is -0.380 e. The Morgan fingerprint density at radius 3 is 2.06 bits per heavy atom. The number of hydrogen-bond acceptors (Lipinski definition) is 6. The average Bonchev–Trinajstić information content (AvgIpc) is 2.85. The summed E-state index contributed by atoms with van der Waals surface area (Å²) in [7, 11) is 2.69. The van der Waals surface area contributed by atoms with Crippen LogP contribution in [0.4, 0.5) is 0 Å². The fourth-order valence-corrected chi connectivity index (χ4v) is 3.84. The predicted molar refractivity (Wildman–Crippen MR) is 127 cm³/mol. The number of carbonyl (C=O) groups is 3. The van der Waals surface area contributed by atoms with Crippen molar-refractivity contribution in [2.24, 2.45) is 5.41 Å². The summed E-state index contributed by atoms with van der Waals surface area (Å²) in [6.45, 7) is 6.76. The molecule has 2 aromatic carbocycles. The molecule has 9 heteroatoms. The lowest BCUT2D eigenvalue weighted by molar-refractivity contribution is -0.148. The van der Waals surface area contributed by atoms with Gasteiger partial charge in [0.1, 0.15) is 0 Å². The SMILES string of the molecule is CNC(=O)[C@@](C)(C(=O)NO)N(C)C(=O)c1ccc(-c2ccc(CNCC3(C)COC3)cc2)cc1.